The number of fused-ring (bicyclic) bond motifs is 1. The summed E-state index contributed by atoms with van der Waals surface area (Å²) in [6.07, 6.45) is 5.15. The van der Waals surface area contributed by atoms with Crippen molar-refractivity contribution in [1.29, 1.82) is 0 Å². The molecule has 4 rings (SSSR count). The first-order chi connectivity index (χ1) is 12.7. The van der Waals surface area contributed by atoms with Crippen LogP contribution in [0.5, 0.6) is 0 Å². The second-order valence-corrected chi connectivity index (χ2v) is 6.55. The van der Waals surface area contributed by atoms with Crippen LogP contribution >= 0.6 is 11.3 Å². The lowest BCUT2D eigenvalue weighted by Gasteiger charge is -2.05. The molecule has 3 aromatic heterocycles. The first-order valence-corrected chi connectivity index (χ1v) is 8.79. The van der Waals surface area contributed by atoms with Gasteiger partial charge in [-0.15, -0.1) is 11.3 Å². The van der Waals surface area contributed by atoms with E-state index in [4.69, 9.17) is 4.42 Å². The van der Waals surface area contributed by atoms with E-state index in [-0.39, 0.29) is 12.1 Å². The highest BCUT2D eigenvalue weighted by atomic mass is 32.1. The molecule has 3 heterocycles. The molecule has 26 heavy (non-hydrogen) atoms. The lowest BCUT2D eigenvalue weighted by molar-refractivity contribution is 0.0944. The fraction of sp³-hybridized carbons (Fsp3) is 0.0526. The summed E-state index contributed by atoms with van der Waals surface area (Å²) < 4.78 is 20.1. The largest absolute Gasteiger partial charge is 0.467 e. The zero-order valence-corrected chi connectivity index (χ0v) is 14.3. The number of H-pyrrole nitrogens is 1. The molecule has 1 aromatic carbocycles. The summed E-state index contributed by atoms with van der Waals surface area (Å²) in [6.45, 7) is 0.194. The van der Waals surface area contributed by atoms with E-state index < -0.39 is 11.7 Å². The van der Waals surface area contributed by atoms with E-state index in [1.54, 1.807) is 35.6 Å². The van der Waals surface area contributed by atoms with Crippen molar-refractivity contribution in [2.24, 2.45) is 0 Å². The summed E-state index contributed by atoms with van der Waals surface area (Å²) in [5, 5.41) is 11.8. The van der Waals surface area contributed by atoms with E-state index in [1.807, 2.05) is 23.6 Å². The van der Waals surface area contributed by atoms with E-state index >= 15 is 0 Å². The van der Waals surface area contributed by atoms with E-state index in [0.717, 1.165) is 4.88 Å². The van der Waals surface area contributed by atoms with Crippen LogP contribution in [0.4, 0.5) is 4.39 Å². The fourth-order valence-corrected chi connectivity index (χ4v) is 3.23. The van der Waals surface area contributed by atoms with Crippen molar-refractivity contribution >= 4 is 40.3 Å². The summed E-state index contributed by atoms with van der Waals surface area (Å²) >= 11 is 1.58. The highest BCUT2D eigenvalue weighted by molar-refractivity contribution is 7.10. The first-order valence-electron chi connectivity index (χ1n) is 7.91. The molecular weight excluding hydrogens is 353 g/mol. The fourth-order valence-electron chi connectivity index (χ4n) is 2.61. The van der Waals surface area contributed by atoms with Crippen molar-refractivity contribution in [3.8, 4) is 0 Å². The molecule has 0 atom stereocenters. The molecule has 130 valence electrons. The number of hydrogen-bond acceptors (Lipinski definition) is 4. The number of nitrogens with zero attached hydrogens (tertiary/aromatic N) is 1. The molecule has 7 heteroatoms. The Bertz CT molecular complexity index is 1070. The molecule has 0 aliphatic rings. The minimum absolute atomic E-state index is 0.0313. The number of carbonyl (C=O) groups excluding carboxylic acids is 1. The van der Waals surface area contributed by atoms with E-state index in [9.17, 15) is 9.18 Å². The number of amides is 1. The molecule has 0 unspecified atom stereocenters. The van der Waals surface area contributed by atoms with Crippen molar-refractivity contribution in [2.75, 3.05) is 0 Å². The van der Waals surface area contributed by atoms with Gasteiger partial charge in [-0.3, -0.25) is 9.89 Å². The van der Waals surface area contributed by atoms with Crippen LogP contribution in [0.2, 0.25) is 0 Å². The zero-order chi connectivity index (χ0) is 17.9. The third-order valence-corrected chi connectivity index (χ3v) is 4.73. The van der Waals surface area contributed by atoms with Crippen LogP contribution in [0.15, 0.2) is 52.5 Å². The van der Waals surface area contributed by atoms with Crippen LogP contribution in [0.3, 0.4) is 0 Å². The monoisotopic (exact) mass is 367 g/mol. The van der Waals surface area contributed by atoms with Crippen LogP contribution in [-0.2, 0) is 6.54 Å². The second-order valence-electron chi connectivity index (χ2n) is 5.57. The topological polar surface area (TPSA) is 70.9 Å². The Balaban J connectivity index is 1.63. The molecule has 2 N–H and O–H groups in total. The molecule has 4 aromatic rings. The van der Waals surface area contributed by atoms with Crippen molar-refractivity contribution < 1.29 is 13.6 Å². The van der Waals surface area contributed by atoms with Crippen LogP contribution in [0, 0.1) is 5.82 Å². The molecule has 0 fully saturated rings. The van der Waals surface area contributed by atoms with Crippen LogP contribution in [-0.4, -0.2) is 16.1 Å². The van der Waals surface area contributed by atoms with Gasteiger partial charge in [0.25, 0.3) is 5.91 Å². The molecule has 5 nitrogen and oxygen atoms in total. The Hall–Kier alpha value is -3.19. The zero-order valence-electron chi connectivity index (χ0n) is 13.5. The van der Waals surface area contributed by atoms with Gasteiger partial charge in [0, 0.05) is 4.88 Å². The first kappa shape index (κ1) is 16.3. The van der Waals surface area contributed by atoms with Gasteiger partial charge in [0.05, 0.1) is 35.0 Å². The molecule has 0 aliphatic heterocycles. The number of aromatic amines is 1. The normalized spacial score (nSPS) is 11.4. The number of halogens is 1. The standard InChI is InChI=1S/C19H14FN3O2S/c20-18-14(19(24)21-11-12-3-1-9-25-12)6-8-16-17(18)15(22-23-16)7-5-13-4-2-10-26-13/h1-10H,11H2,(H,21,24)(H,22,23). The number of furan rings is 1. The number of aromatic nitrogens is 2. The predicted octanol–water partition coefficient (Wildman–Crippen LogP) is 4.46. The van der Waals surface area contributed by atoms with Gasteiger partial charge in [0.2, 0.25) is 0 Å². The summed E-state index contributed by atoms with van der Waals surface area (Å²) in [6, 6.07) is 10.4. The van der Waals surface area contributed by atoms with Crippen molar-refractivity contribution in [3.63, 3.8) is 0 Å². The number of hydrogen-bond donors (Lipinski definition) is 2. The maximum absolute atomic E-state index is 15.0. The third-order valence-electron chi connectivity index (χ3n) is 3.89. The maximum atomic E-state index is 15.0. The highest BCUT2D eigenvalue weighted by Gasteiger charge is 2.18. The van der Waals surface area contributed by atoms with E-state index in [2.05, 4.69) is 15.5 Å². The van der Waals surface area contributed by atoms with Crippen LogP contribution in [0.25, 0.3) is 23.1 Å². The Morgan fingerprint density at radius 2 is 2.19 bits per heavy atom. The summed E-state index contributed by atoms with van der Waals surface area (Å²) in [5.74, 6) is -0.503. The third kappa shape index (κ3) is 3.16. The quantitative estimate of drug-likeness (QED) is 0.547. The predicted molar refractivity (Wildman–Crippen MR) is 99.2 cm³/mol. The average Bonchev–Trinajstić information content (AvgIpc) is 3.39. The second kappa shape index (κ2) is 6.97. The Labute approximate surface area is 152 Å². The Morgan fingerprint density at radius 1 is 1.27 bits per heavy atom. The lowest BCUT2D eigenvalue weighted by atomic mass is 10.1. The Morgan fingerprint density at radius 3 is 2.96 bits per heavy atom. The number of nitrogens with one attached hydrogen (secondary N) is 2. The number of thiophene rings is 1. The van der Waals surface area contributed by atoms with Crippen LogP contribution in [0.1, 0.15) is 26.7 Å². The van der Waals surface area contributed by atoms with Crippen molar-refractivity contribution in [2.45, 2.75) is 6.54 Å². The SMILES string of the molecule is O=C(NCc1ccco1)c1ccc2n[nH]c(C=Cc3cccs3)c2c1F. The molecule has 0 bridgehead atoms. The van der Waals surface area contributed by atoms with Gasteiger partial charge < -0.3 is 9.73 Å². The summed E-state index contributed by atoms with van der Waals surface area (Å²) in [5.41, 5.74) is 0.957. The molecular formula is C19H14FN3O2S. The van der Waals surface area contributed by atoms with Gasteiger partial charge in [-0.05, 0) is 47.9 Å². The summed E-state index contributed by atoms with van der Waals surface area (Å²) in [7, 11) is 0. The maximum Gasteiger partial charge on any atom is 0.254 e. The van der Waals surface area contributed by atoms with Gasteiger partial charge in [-0.1, -0.05) is 6.07 Å². The smallest absolute Gasteiger partial charge is 0.254 e. The van der Waals surface area contributed by atoms with Crippen molar-refractivity contribution in [3.05, 3.63) is 75.8 Å². The summed E-state index contributed by atoms with van der Waals surface area (Å²) in [4.78, 5) is 13.4. The van der Waals surface area contributed by atoms with Crippen molar-refractivity contribution in [1.82, 2.24) is 15.5 Å². The van der Waals surface area contributed by atoms with Gasteiger partial charge in [0.15, 0.2) is 0 Å². The van der Waals surface area contributed by atoms with E-state index in [0.29, 0.717) is 22.4 Å². The molecule has 1 amide bonds. The Kier molecular flexibility index (Phi) is 4.37. The minimum Gasteiger partial charge on any atom is -0.467 e. The average molecular weight is 367 g/mol. The van der Waals surface area contributed by atoms with E-state index in [1.165, 1.54) is 12.3 Å². The molecule has 0 saturated heterocycles. The van der Waals surface area contributed by atoms with Gasteiger partial charge in [0.1, 0.15) is 11.6 Å². The minimum atomic E-state index is -0.598. The molecule has 0 aliphatic carbocycles. The number of rotatable bonds is 5. The van der Waals surface area contributed by atoms with Crippen LogP contribution < -0.4 is 5.32 Å². The number of carbonyl (C=O) groups is 1. The van der Waals surface area contributed by atoms with Gasteiger partial charge in [-0.25, -0.2) is 4.39 Å². The van der Waals surface area contributed by atoms with Gasteiger partial charge >= 0.3 is 0 Å². The van der Waals surface area contributed by atoms with Gasteiger partial charge in [-0.2, -0.15) is 5.10 Å². The lowest BCUT2D eigenvalue weighted by Crippen LogP contribution is -2.23. The molecule has 0 spiro atoms. The molecule has 0 saturated carbocycles. The molecule has 0 radical (unpaired) electrons. The highest BCUT2D eigenvalue weighted by Crippen LogP contribution is 2.25. The number of benzene rings is 1.